The summed E-state index contributed by atoms with van der Waals surface area (Å²) in [5.41, 5.74) is 13.7. The van der Waals surface area contributed by atoms with E-state index in [9.17, 15) is 22.8 Å². The summed E-state index contributed by atoms with van der Waals surface area (Å²) >= 11 is 0. The number of aliphatic imine (C=N–C) groups is 1. The Morgan fingerprint density at radius 1 is 1.07 bits per heavy atom. The summed E-state index contributed by atoms with van der Waals surface area (Å²) in [4.78, 5) is 37.3. The van der Waals surface area contributed by atoms with E-state index in [4.69, 9.17) is 16.2 Å². The van der Waals surface area contributed by atoms with Crippen molar-refractivity contribution in [3.63, 3.8) is 0 Å². The van der Waals surface area contributed by atoms with Crippen LogP contribution in [-0.4, -0.2) is 65.3 Å². The van der Waals surface area contributed by atoms with Crippen LogP contribution < -0.4 is 16.8 Å². The Morgan fingerprint density at radius 3 is 2.55 bits per heavy atom. The van der Waals surface area contributed by atoms with Crippen LogP contribution in [0.4, 0.5) is 19.0 Å². The van der Waals surface area contributed by atoms with Gasteiger partial charge in [0, 0.05) is 50.4 Å². The van der Waals surface area contributed by atoms with Gasteiger partial charge in [-0.2, -0.15) is 13.2 Å². The molecule has 2 aliphatic rings. The first kappa shape index (κ1) is 32.5. The van der Waals surface area contributed by atoms with Crippen LogP contribution in [0.1, 0.15) is 60.5 Å². The maximum absolute atomic E-state index is 13.0. The Hall–Kier alpha value is -4.39. The molecule has 1 aromatic carbocycles. The monoisotopic (exact) mass is 613 g/mol. The topological polar surface area (TPSA) is 139 Å². The van der Waals surface area contributed by atoms with Crippen LogP contribution in [0.3, 0.4) is 0 Å². The number of hydrogen-bond donors (Lipinski definition) is 3. The standard InChI is InChI=1S/C31H38F3N7O3/c1-2-44-20-26(42)40-15-5-3-4-6-21(12-16-40)19-41-17-14-38-29(36)28(41)27(35)22-7-9-23(10-8-22)30(43)39-25-18-24(11-13-37-25)31(32,33)34/h7-11,13-14,17-18,21H,2-6,12,15-16,19-20,35H2,1H3,(H2,36,38)(H,37,39,43)/b28-27-. The highest BCUT2D eigenvalue weighted by molar-refractivity contribution is 6.05. The molecule has 2 amide bonds. The van der Waals surface area contributed by atoms with Crippen molar-refractivity contribution >= 4 is 29.2 Å². The average Bonchev–Trinajstić information content (AvgIpc) is 3.12. The quantitative estimate of drug-likeness (QED) is 0.396. The second-order valence-electron chi connectivity index (χ2n) is 10.7. The number of hydrogen-bond acceptors (Lipinski definition) is 8. The van der Waals surface area contributed by atoms with Crippen LogP contribution in [0.5, 0.6) is 0 Å². The molecular formula is C31H38F3N7O3. The molecule has 1 atom stereocenters. The van der Waals surface area contributed by atoms with Gasteiger partial charge in [0.2, 0.25) is 5.91 Å². The molecule has 1 fully saturated rings. The van der Waals surface area contributed by atoms with Crippen molar-refractivity contribution in [3.8, 4) is 0 Å². The normalized spacial score (nSPS) is 19.0. The lowest BCUT2D eigenvalue weighted by molar-refractivity contribution is -0.137. The highest BCUT2D eigenvalue weighted by atomic mass is 19.4. The number of amidine groups is 1. The Bertz CT molecular complexity index is 1410. The van der Waals surface area contributed by atoms with Gasteiger partial charge in [0.05, 0.1) is 11.3 Å². The number of amides is 2. The first-order valence-corrected chi connectivity index (χ1v) is 14.6. The number of carbonyl (C=O) groups excluding carboxylic acids is 2. The minimum atomic E-state index is -4.56. The Balaban J connectivity index is 1.47. The lowest BCUT2D eigenvalue weighted by atomic mass is 9.96. The van der Waals surface area contributed by atoms with Crippen LogP contribution in [0.15, 0.2) is 65.7 Å². The fourth-order valence-corrected chi connectivity index (χ4v) is 5.22. The van der Waals surface area contributed by atoms with Gasteiger partial charge in [-0.15, -0.1) is 0 Å². The third kappa shape index (κ3) is 8.59. The summed E-state index contributed by atoms with van der Waals surface area (Å²) in [7, 11) is 0. The van der Waals surface area contributed by atoms with Crippen molar-refractivity contribution in [1.29, 1.82) is 0 Å². The number of carbonyl (C=O) groups is 2. The number of nitrogens with one attached hydrogen (secondary N) is 1. The number of nitrogens with zero attached hydrogens (tertiary/aromatic N) is 4. The number of benzene rings is 1. The molecule has 0 radical (unpaired) electrons. The summed E-state index contributed by atoms with van der Waals surface area (Å²) < 4.78 is 44.4. The van der Waals surface area contributed by atoms with Gasteiger partial charge in [-0.1, -0.05) is 25.0 Å². The van der Waals surface area contributed by atoms with Gasteiger partial charge in [-0.05, 0) is 61.9 Å². The number of anilines is 1. The largest absolute Gasteiger partial charge is 0.416 e. The van der Waals surface area contributed by atoms with Crippen LogP contribution in [-0.2, 0) is 15.7 Å². The van der Waals surface area contributed by atoms with Crippen molar-refractivity contribution in [1.82, 2.24) is 14.8 Å². The number of alkyl halides is 3. The fraction of sp³-hybridized carbons (Fsp3) is 0.419. The zero-order valence-corrected chi connectivity index (χ0v) is 24.6. The average molecular weight is 614 g/mol. The number of halogens is 3. The number of pyridine rings is 1. The summed E-state index contributed by atoms with van der Waals surface area (Å²) in [5.74, 6) is -0.305. The number of ether oxygens (including phenoxy) is 1. The molecule has 5 N–H and O–H groups in total. The lowest BCUT2D eigenvalue weighted by Gasteiger charge is -2.31. The maximum Gasteiger partial charge on any atom is 0.416 e. The summed E-state index contributed by atoms with van der Waals surface area (Å²) in [6.45, 7) is 4.45. The van der Waals surface area contributed by atoms with Crippen molar-refractivity contribution < 1.29 is 27.5 Å². The van der Waals surface area contributed by atoms with Crippen LogP contribution in [0, 0.1) is 5.92 Å². The van der Waals surface area contributed by atoms with E-state index in [-0.39, 0.29) is 35.6 Å². The molecule has 13 heteroatoms. The van der Waals surface area contributed by atoms with Gasteiger partial charge in [-0.25, -0.2) is 9.98 Å². The minimum absolute atomic E-state index is 0.00907. The summed E-state index contributed by atoms with van der Waals surface area (Å²) in [6, 6.07) is 7.93. The molecule has 2 aromatic rings. The minimum Gasteiger partial charge on any atom is -0.396 e. The SMILES string of the molecule is CCOCC(=O)N1CCCCCC(CN2C=CN=C(N)/C2=C(/N)c2ccc(C(=O)Nc3cc(C(F)(F)F)ccn3)cc2)CC1. The first-order chi connectivity index (χ1) is 21.1. The summed E-state index contributed by atoms with van der Waals surface area (Å²) in [5, 5.41) is 2.40. The van der Waals surface area contributed by atoms with E-state index in [0.29, 0.717) is 36.7 Å². The zero-order chi connectivity index (χ0) is 31.7. The first-order valence-electron chi connectivity index (χ1n) is 14.6. The van der Waals surface area contributed by atoms with Crippen LogP contribution in [0.25, 0.3) is 5.70 Å². The van der Waals surface area contributed by atoms with E-state index in [2.05, 4.69) is 15.3 Å². The van der Waals surface area contributed by atoms with E-state index in [1.54, 1.807) is 18.3 Å². The van der Waals surface area contributed by atoms with E-state index in [0.717, 1.165) is 57.0 Å². The third-order valence-corrected chi connectivity index (χ3v) is 7.62. The van der Waals surface area contributed by atoms with Crippen molar-refractivity contribution in [2.75, 3.05) is 38.2 Å². The molecule has 2 aliphatic heterocycles. The smallest absolute Gasteiger partial charge is 0.396 e. The second-order valence-corrected chi connectivity index (χ2v) is 10.7. The van der Waals surface area contributed by atoms with Crippen molar-refractivity contribution in [2.24, 2.45) is 22.4 Å². The summed E-state index contributed by atoms with van der Waals surface area (Å²) in [6.07, 6.45) is 4.72. The van der Waals surface area contributed by atoms with Crippen molar-refractivity contribution in [3.05, 3.63) is 77.4 Å². The Labute approximate surface area is 254 Å². The Morgan fingerprint density at radius 2 is 1.82 bits per heavy atom. The second kappa shape index (κ2) is 14.9. The molecule has 44 heavy (non-hydrogen) atoms. The molecule has 3 heterocycles. The molecule has 1 unspecified atom stereocenters. The maximum atomic E-state index is 13.0. The number of nitrogens with two attached hydrogens (primary N) is 2. The molecule has 0 aliphatic carbocycles. The van der Waals surface area contributed by atoms with Gasteiger partial charge in [0.1, 0.15) is 24.0 Å². The lowest BCUT2D eigenvalue weighted by Crippen LogP contribution is -2.38. The molecule has 0 bridgehead atoms. The zero-order valence-electron chi connectivity index (χ0n) is 24.6. The highest BCUT2D eigenvalue weighted by Crippen LogP contribution is 2.30. The number of rotatable bonds is 8. The van der Waals surface area contributed by atoms with Gasteiger partial charge in [-0.3, -0.25) is 9.59 Å². The molecule has 10 nitrogen and oxygen atoms in total. The van der Waals surface area contributed by atoms with E-state index in [1.165, 1.54) is 12.1 Å². The van der Waals surface area contributed by atoms with Gasteiger partial charge in [0.15, 0.2) is 0 Å². The molecule has 1 saturated heterocycles. The fourth-order valence-electron chi connectivity index (χ4n) is 5.22. The predicted molar refractivity (Wildman–Crippen MR) is 162 cm³/mol. The van der Waals surface area contributed by atoms with Crippen molar-refractivity contribution in [2.45, 2.75) is 45.2 Å². The molecular weight excluding hydrogens is 575 g/mol. The van der Waals surface area contributed by atoms with E-state index < -0.39 is 17.6 Å². The van der Waals surface area contributed by atoms with Crippen LogP contribution >= 0.6 is 0 Å². The van der Waals surface area contributed by atoms with Gasteiger partial charge < -0.3 is 31.3 Å². The highest BCUT2D eigenvalue weighted by Gasteiger charge is 2.31. The van der Waals surface area contributed by atoms with E-state index in [1.807, 2.05) is 22.9 Å². The Kier molecular flexibility index (Phi) is 11.0. The molecule has 1 aromatic heterocycles. The molecule has 0 spiro atoms. The number of aromatic nitrogens is 1. The third-order valence-electron chi connectivity index (χ3n) is 7.62. The van der Waals surface area contributed by atoms with Crippen LogP contribution in [0.2, 0.25) is 0 Å². The molecule has 236 valence electrons. The van der Waals surface area contributed by atoms with Gasteiger partial charge in [0.25, 0.3) is 5.91 Å². The molecule has 4 rings (SSSR count). The van der Waals surface area contributed by atoms with Gasteiger partial charge >= 0.3 is 6.18 Å². The molecule has 0 saturated carbocycles. The van der Waals surface area contributed by atoms with E-state index >= 15 is 0 Å². The predicted octanol–water partition coefficient (Wildman–Crippen LogP) is 4.57.